The molecule has 1 heterocycles. The number of nitrogens with zero attached hydrogens (tertiary/aromatic N) is 1. The molecule has 1 aliphatic carbocycles. The first-order valence-electron chi connectivity index (χ1n) is 7.06. The van der Waals surface area contributed by atoms with E-state index in [9.17, 15) is 14.7 Å². The van der Waals surface area contributed by atoms with E-state index < -0.39 is 11.5 Å². The van der Waals surface area contributed by atoms with E-state index in [0.29, 0.717) is 16.6 Å². The summed E-state index contributed by atoms with van der Waals surface area (Å²) in [6.07, 6.45) is 4.19. The topological polar surface area (TPSA) is 69.6 Å². The fraction of sp³-hybridized carbons (Fsp3) is 0.375. The van der Waals surface area contributed by atoms with Crippen LogP contribution in [-0.4, -0.2) is 41.6 Å². The number of hydrogen-bond acceptors (Lipinski definition) is 2. The highest BCUT2D eigenvalue weighted by molar-refractivity contribution is 6.42. The lowest BCUT2D eigenvalue weighted by atomic mass is 9.92. The number of amides is 2. The maximum Gasteiger partial charge on any atom is 0.407 e. The van der Waals surface area contributed by atoms with Crippen LogP contribution in [0.25, 0.3) is 0 Å². The van der Waals surface area contributed by atoms with E-state index in [-0.39, 0.29) is 30.8 Å². The minimum Gasteiger partial charge on any atom is -0.465 e. The van der Waals surface area contributed by atoms with Gasteiger partial charge in [-0.3, -0.25) is 4.79 Å². The quantitative estimate of drug-likeness (QED) is 0.819. The van der Waals surface area contributed by atoms with Crippen LogP contribution in [0.1, 0.15) is 5.56 Å². The van der Waals surface area contributed by atoms with Crippen molar-refractivity contribution in [3.05, 3.63) is 33.8 Å². The normalized spacial score (nSPS) is 28.0. The van der Waals surface area contributed by atoms with E-state index in [4.69, 9.17) is 29.6 Å². The summed E-state index contributed by atoms with van der Waals surface area (Å²) < 4.78 is 0. The van der Waals surface area contributed by atoms with Crippen molar-refractivity contribution in [1.29, 1.82) is 0 Å². The summed E-state index contributed by atoms with van der Waals surface area (Å²) >= 11 is 12.0. The number of halogens is 2. The molecule has 1 aromatic rings. The fourth-order valence-electron chi connectivity index (χ4n) is 3.70. The molecular weight excluding hydrogens is 339 g/mol. The van der Waals surface area contributed by atoms with Gasteiger partial charge in [-0.2, -0.15) is 0 Å². The summed E-state index contributed by atoms with van der Waals surface area (Å²) in [6.45, 7) is 0.741. The molecule has 1 saturated carbocycles. The summed E-state index contributed by atoms with van der Waals surface area (Å²) in [5.41, 5.74) is 0.284. The molecule has 1 saturated heterocycles. The molecule has 2 fully saturated rings. The van der Waals surface area contributed by atoms with E-state index in [1.807, 2.05) is 0 Å². The lowest BCUT2D eigenvalue weighted by molar-refractivity contribution is -0.123. The van der Waals surface area contributed by atoms with Crippen LogP contribution in [0.15, 0.2) is 18.2 Å². The van der Waals surface area contributed by atoms with Crippen molar-refractivity contribution >= 4 is 35.2 Å². The Balaban J connectivity index is 1.93. The van der Waals surface area contributed by atoms with Crippen LogP contribution in [-0.2, 0) is 10.2 Å². The van der Waals surface area contributed by atoms with Gasteiger partial charge in [0, 0.05) is 24.4 Å². The van der Waals surface area contributed by atoms with Gasteiger partial charge < -0.3 is 15.3 Å². The van der Waals surface area contributed by atoms with E-state index in [1.165, 1.54) is 4.90 Å². The van der Waals surface area contributed by atoms with Gasteiger partial charge in [0.05, 0.1) is 22.5 Å². The SMILES string of the molecule is C#CCNC(=O)[C@@H]1[C@H]2CN(C(=O)O)C[C@]21c1ccc(Cl)c(Cl)c1. The van der Waals surface area contributed by atoms with Crippen molar-refractivity contribution in [2.75, 3.05) is 19.6 Å². The van der Waals surface area contributed by atoms with E-state index in [2.05, 4.69) is 11.2 Å². The standard InChI is InChI=1S/C16H14Cl2N2O3/c1-2-5-19-14(21)13-10-7-20(15(22)23)8-16(10,13)9-3-4-11(17)12(18)6-9/h1,3-4,6,10,13H,5,7-8H2,(H,19,21)(H,22,23)/t10-,13+,16+/m1/s1. The number of nitrogens with one attached hydrogen (secondary N) is 1. The largest absolute Gasteiger partial charge is 0.465 e. The molecule has 0 unspecified atom stereocenters. The average molecular weight is 353 g/mol. The van der Waals surface area contributed by atoms with Gasteiger partial charge in [0.25, 0.3) is 0 Å². The molecule has 1 aromatic carbocycles. The number of piperidine rings is 1. The van der Waals surface area contributed by atoms with Crippen LogP contribution < -0.4 is 5.32 Å². The zero-order valence-electron chi connectivity index (χ0n) is 12.1. The van der Waals surface area contributed by atoms with Crippen molar-refractivity contribution in [1.82, 2.24) is 10.2 Å². The van der Waals surface area contributed by atoms with E-state index in [1.54, 1.807) is 18.2 Å². The minimum atomic E-state index is -0.987. The molecule has 2 aliphatic rings. The van der Waals surface area contributed by atoms with Gasteiger partial charge in [-0.15, -0.1) is 6.42 Å². The molecule has 3 atom stereocenters. The van der Waals surface area contributed by atoms with Gasteiger partial charge in [0.2, 0.25) is 5.91 Å². The monoisotopic (exact) mass is 352 g/mol. The Morgan fingerprint density at radius 3 is 2.78 bits per heavy atom. The van der Waals surface area contributed by atoms with Gasteiger partial charge in [-0.05, 0) is 17.7 Å². The Bertz CT molecular complexity index is 731. The first-order chi connectivity index (χ1) is 10.9. The van der Waals surface area contributed by atoms with Gasteiger partial charge >= 0.3 is 6.09 Å². The highest BCUT2D eigenvalue weighted by atomic mass is 35.5. The zero-order chi connectivity index (χ0) is 16.8. The van der Waals surface area contributed by atoms with Crippen LogP contribution in [0.5, 0.6) is 0 Å². The summed E-state index contributed by atoms with van der Waals surface area (Å²) in [4.78, 5) is 24.9. The molecule has 2 amide bonds. The fourth-order valence-corrected chi connectivity index (χ4v) is 4.00. The molecule has 7 heteroatoms. The Labute approximate surface area is 143 Å². The predicted molar refractivity (Wildman–Crippen MR) is 86.6 cm³/mol. The minimum absolute atomic E-state index is 0.0754. The van der Waals surface area contributed by atoms with Crippen LogP contribution in [0.2, 0.25) is 10.0 Å². The Hall–Kier alpha value is -1.90. The molecule has 0 spiro atoms. The van der Waals surface area contributed by atoms with Crippen molar-refractivity contribution in [3.63, 3.8) is 0 Å². The average Bonchev–Trinajstić information content (AvgIpc) is 2.97. The van der Waals surface area contributed by atoms with Crippen molar-refractivity contribution in [2.24, 2.45) is 11.8 Å². The molecule has 120 valence electrons. The van der Waals surface area contributed by atoms with Crippen LogP contribution in [0.3, 0.4) is 0 Å². The number of rotatable bonds is 3. The second-order valence-corrected chi connectivity index (χ2v) is 6.65. The van der Waals surface area contributed by atoms with Crippen molar-refractivity contribution in [3.8, 4) is 12.3 Å². The highest BCUT2D eigenvalue weighted by Crippen LogP contribution is 2.64. The second-order valence-electron chi connectivity index (χ2n) is 5.84. The third kappa shape index (κ3) is 2.43. The lowest BCUT2D eigenvalue weighted by Gasteiger charge is -2.22. The van der Waals surface area contributed by atoms with Crippen LogP contribution in [0, 0.1) is 24.2 Å². The number of carbonyl (C=O) groups is 2. The predicted octanol–water partition coefficient (Wildman–Crippen LogP) is 2.22. The van der Waals surface area contributed by atoms with Crippen molar-refractivity contribution in [2.45, 2.75) is 5.41 Å². The van der Waals surface area contributed by atoms with Gasteiger partial charge in [-0.1, -0.05) is 35.2 Å². The van der Waals surface area contributed by atoms with Gasteiger partial charge in [0.15, 0.2) is 0 Å². The summed E-state index contributed by atoms with van der Waals surface area (Å²) in [5.74, 6) is 1.84. The molecule has 0 bridgehead atoms. The van der Waals surface area contributed by atoms with E-state index >= 15 is 0 Å². The zero-order valence-corrected chi connectivity index (χ0v) is 13.6. The molecule has 1 aliphatic heterocycles. The molecule has 0 radical (unpaired) electrons. The number of hydrogen-bond donors (Lipinski definition) is 2. The maximum atomic E-state index is 12.4. The van der Waals surface area contributed by atoms with Crippen LogP contribution >= 0.6 is 23.2 Å². The maximum absolute atomic E-state index is 12.4. The summed E-state index contributed by atoms with van der Waals surface area (Å²) in [6, 6.07) is 5.20. The first kappa shape index (κ1) is 16.0. The molecule has 2 N–H and O–H groups in total. The smallest absolute Gasteiger partial charge is 0.407 e. The molecular formula is C16H14Cl2N2O3. The molecule has 0 aromatic heterocycles. The number of terminal acetylenes is 1. The number of carboxylic acid groups (broad SMARTS) is 1. The molecule has 23 heavy (non-hydrogen) atoms. The summed E-state index contributed by atoms with van der Waals surface area (Å²) in [7, 11) is 0. The Kier molecular flexibility index (Phi) is 3.91. The highest BCUT2D eigenvalue weighted by Gasteiger charge is 2.73. The third-order valence-corrected chi connectivity index (χ3v) is 5.49. The Morgan fingerprint density at radius 1 is 1.43 bits per heavy atom. The van der Waals surface area contributed by atoms with Gasteiger partial charge in [0.1, 0.15) is 0 Å². The van der Waals surface area contributed by atoms with Gasteiger partial charge in [-0.25, -0.2) is 4.79 Å². The molecule has 3 rings (SSSR count). The number of fused-ring (bicyclic) bond motifs is 1. The molecule has 5 nitrogen and oxygen atoms in total. The van der Waals surface area contributed by atoms with Crippen LogP contribution in [0.4, 0.5) is 4.79 Å². The van der Waals surface area contributed by atoms with E-state index in [0.717, 1.165) is 5.56 Å². The first-order valence-corrected chi connectivity index (χ1v) is 7.82. The third-order valence-electron chi connectivity index (χ3n) is 4.75. The number of likely N-dealkylation sites (tertiary alicyclic amines) is 1. The lowest BCUT2D eigenvalue weighted by Crippen LogP contribution is -2.38. The summed E-state index contributed by atoms with van der Waals surface area (Å²) in [5, 5.41) is 12.7. The number of benzene rings is 1. The number of carbonyl (C=O) groups excluding carboxylic acids is 1. The second kappa shape index (κ2) is 5.63. The Morgan fingerprint density at radius 2 is 2.17 bits per heavy atom. The van der Waals surface area contributed by atoms with Crippen molar-refractivity contribution < 1.29 is 14.7 Å².